The fourth-order valence-electron chi connectivity index (χ4n) is 3.21. The molecular weight excluding hydrogens is 565 g/mol. The van der Waals surface area contributed by atoms with E-state index >= 15 is 0 Å². The predicted molar refractivity (Wildman–Crippen MR) is 138 cm³/mol. The molecule has 2 aromatic carbocycles. The molecule has 0 atom stereocenters. The highest BCUT2D eigenvalue weighted by atomic mass is 32.2. The second-order valence-electron chi connectivity index (χ2n) is 7.61. The number of fused-ring (bicyclic) bond motifs is 1. The van der Waals surface area contributed by atoms with Crippen LogP contribution >= 0.6 is 23.1 Å². The van der Waals surface area contributed by atoms with Gasteiger partial charge in [-0.05, 0) is 54.0 Å². The van der Waals surface area contributed by atoms with Gasteiger partial charge in [-0.25, -0.2) is 28.2 Å². The lowest BCUT2D eigenvalue weighted by molar-refractivity contribution is -0.219. The Morgan fingerprint density at radius 3 is 2.47 bits per heavy atom. The zero-order valence-electron chi connectivity index (χ0n) is 19.9. The molecule has 0 aliphatic carbocycles. The van der Waals surface area contributed by atoms with Crippen molar-refractivity contribution in [1.82, 2.24) is 19.4 Å². The number of benzene rings is 2. The number of alkyl halides is 3. The third-order valence-electron chi connectivity index (χ3n) is 4.95. The summed E-state index contributed by atoms with van der Waals surface area (Å²) < 4.78 is 64.0. The maximum Gasteiger partial charge on any atom is 0.492 e. The second-order valence-corrected chi connectivity index (χ2v) is 11.6. The number of carbonyl (C=O) groups is 1. The van der Waals surface area contributed by atoms with Gasteiger partial charge in [0.05, 0.1) is 25.8 Å². The van der Waals surface area contributed by atoms with Crippen LogP contribution in [0.4, 0.5) is 36.2 Å². The molecule has 0 unspecified atom stereocenters. The third-order valence-corrected chi connectivity index (χ3v) is 8.30. The van der Waals surface area contributed by atoms with Gasteiger partial charge in [-0.15, -0.1) is 23.1 Å². The Kier molecular flexibility index (Phi) is 7.78. The Bertz CT molecular complexity index is 1610. The van der Waals surface area contributed by atoms with Crippen molar-refractivity contribution < 1.29 is 31.2 Å². The Morgan fingerprint density at radius 1 is 1.08 bits per heavy atom. The number of hydrogen-bond donors (Lipinski definition) is 2. The van der Waals surface area contributed by atoms with Crippen LogP contribution in [0.15, 0.2) is 58.6 Å². The Labute approximate surface area is 223 Å². The van der Waals surface area contributed by atoms with Gasteiger partial charge >= 0.3 is 12.1 Å². The van der Waals surface area contributed by atoms with E-state index in [1.54, 1.807) is 23.7 Å². The van der Waals surface area contributed by atoms with E-state index in [-0.39, 0.29) is 4.47 Å². The van der Waals surface area contributed by atoms with Gasteiger partial charge in [-0.1, -0.05) is 0 Å². The van der Waals surface area contributed by atoms with Crippen LogP contribution in [-0.4, -0.2) is 53.3 Å². The van der Waals surface area contributed by atoms with Gasteiger partial charge in [-0.3, -0.25) is 0 Å². The lowest BCUT2D eigenvalue weighted by Gasteiger charge is -2.18. The lowest BCUT2D eigenvalue weighted by Crippen LogP contribution is -2.36. The van der Waals surface area contributed by atoms with E-state index in [1.807, 2.05) is 25.1 Å². The summed E-state index contributed by atoms with van der Waals surface area (Å²) in [5.74, 6) is -1.90. The van der Waals surface area contributed by atoms with E-state index in [1.165, 1.54) is 36.3 Å². The second kappa shape index (κ2) is 10.7. The molecule has 2 heterocycles. The first-order chi connectivity index (χ1) is 17.9. The average molecular weight is 585 g/mol. The number of sulfonamides is 1. The van der Waals surface area contributed by atoms with Crippen molar-refractivity contribution in [2.24, 2.45) is 0 Å². The highest BCUT2D eigenvalue weighted by molar-refractivity contribution is 7.98. The topological polar surface area (TPSA) is 126 Å². The summed E-state index contributed by atoms with van der Waals surface area (Å²) in [6.45, 7) is 1.93. The number of aromatic nitrogens is 3. The third kappa shape index (κ3) is 6.15. The van der Waals surface area contributed by atoms with Crippen molar-refractivity contribution >= 4 is 72.3 Å². The summed E-state index contributed by atoms with van der Waals surface area (Å²) in [7, 11) is -3.91. The number of thiazole rings is 1. The van der Waals surface area contributed by atoms with E-state index < -0.39 is 27.1 Å². The molecule has 200 valence electrons. The molecule has 0 bridgehead atoms. The smallest absolute Gasteiger partial charge is 0.345 e. The van der Waals surface area contributed by atoms with Gasteiger partial charge in [-0.2, -0.15) is 13.2 Å². The average Bonchev–Trinajstić information content (AvgIpc) is 3.22. The quantitative estimate of drug-likeness (QED) is 0.210. The Balaban J connectivity index is 1.57. The van der Waals surface area contributed by atoms with Crippen molar-refractivity contribution in [2.75, 3.05) is 23.9 Å². The van der Waals surface area contributed by atoms with E-state index in [9.17, 15) is 26.4 Å². The molecule has 10 nitrogen and oxygen atoms in total. The van der Waals surface area contributed by atoms with Crippen molar-refractivity contribution in [3.63, 3.8) is 0 Å². The molecule has 0 aliphatic heterocycles. The molecule has 4 aromatic rings. The standard InChI is InChI=1S/C22H19F3N6O4S3/c1-12-28-15-8-13(4-6-18(15)37-12)29-19-10-20(27-11-26-19)30-16-9-14(5-7-17(16)36-3)38(33,34)31(2)35-21(32)22(23,24)25/h4-11H,1-3H3,(H2,26,27,29,30). The molecule has 2 N–H and O–H groups in total. The molecule has 2 aromatic heterocycles. The molecule has 16 heteroatoms. The number of halogens is 3. The van der Waals surface area contributed by atoms with Gasteiger partial charge in [0.15, 0.2) is 0 Å². The van der Waals surface area contributed by atoms with Crippen molar-refractivity contribution in [3.8, 4) is 0 Å². The molecule has 0 fully saturated rings. The molecule has 0 saturated carbocycles. The first-order valence-corrected chi connectivity index (χ1v) is 14.0. The maximum absolute atomic E-state index is 12.8. The SMILES string of the molecule is CSc1ccc(S(=O)(=O)N(C)OC(=O)C(F)(F)F)cc1Nc1cc(Nc2ccc3sc(C)nc3c2)ncn1. The normalized spacial score (nSPS) is 12.1. The number of anilines is 4. The minimum atomic E-state index is -5.36. The number of carbonyl (C=O) groups excluding carboxylic acids is 1. The minimum Gasteiger partial charge on any atom is -0.345 e. The highest BCUT2D eigenvalue weighted by Gasteiger charge is 2.43. The van der Waals surface area contributed by atoms with Crippen molar-refractivity contribution in [2.45, 2.75) is 22.9 Å². The van der Waals surface area contributed by atoms with Crippen molar-refractivity contribution in [1.29, 1.82) is 0 Å². The number of hydroxylamine groups is 1. The lowest BCUT2D eigenvalue weighted by atomic mass is 10.3. The fraction of sp³-hybridized carbons (Fsp3) is 0.182. The van der Waals surface area contributed by atoms with Crippen LogP contribution in [0.2, 0.25) is 0 Å². The van der Waals surface area contributed by atoms with Gasteiger partial charge < -0.3 is 15.5 Å². The summed E-state index contributed by atoms with van der Waals surface area (Å²) in [6, 6.07) is 11.2. The summed E-state index contributed by atoms with van der Waals surface area (Å²) in [5, 5.41) is 7.12. The van der Waals surface area contributed by atoms with Crippen LogP contribution in [0.1, 0.15) is 5.01 Å². The molecule has 0 aliphatic rings. The Hall–Kier alpha value is -3.47. The summed E-state index contributed by atoms with van der Waals surface area (Å²) in [4.78, 5) is 28.1. The number of nitrogens with one attached hydrogen (secondary N) is 2. The van der Waals surface area contributed by atoms with Crippen LogP contribution in [0.25, 0.3) is 10.2 Å². The maximum atomic E-state index is 12.8. The molecule has 0 amide bonds. The molecule has 38 heavy (non-hydrogen) atoms. The predicted octanol–water partition coefficient (Wildman–Crippen LogP) is 5.24. The van der Waals surface area contributed by atoms with Crippen LogP contribution < -0.4 is 10.6 Å². The minimum absolute atomic E-state index is 0.131. The summed E-state index contributed by atoms with van der Waals surface area (Å²) in [5.41, 5.74) is 1.90. The number of hydrogen-bond acceptors (Lipinski definition) is 11. The van der Waals surface area contributed by atoms with Crippen molar-refractivity contribution in [3.05, 3.63) is 53.8 Å². The van der Waals surface area contributed by atoms with Gasteiger partial charge in [0.2, 0.25) is 0 Å². The molecular formula is C22H19F3N6O4S3. The molecule has 0 saturated heterocycles. The van der Waals surface area contributed by atoms with E-state index in [2.05, 4.69) is 30.4 Å². The number of nitrogens with zero attached hydrogens (tertiary/aromatic N) is 4. The van der Waals surface area contributed by atoms with E-state index in [0.29, 0.717) is 29.3 Å². The molecule has 4 rings (SSSR count). The zero-order valence-corrected chi connectivity index (χ0v) is 22.3. The highest BCUT2D eigenvalue weighted by Crippen LogP contribution is 2.32. The van der Waals surface area contributed by atoms with Gasteiger partial charge in [0, 0.05) is 23.7 Å². The fourth-order valence-corrected chi connectivity index (χ4v) is 5.52. The van der Waals surface area contributed by atoms with Gasteiger partial charge in [0.1, 0.15) is 18.0 Å². The zero-order chi connectivity index (χ0) is 27.7. The van der Waals surface area contributed by atoms with E-state index in [0.717, 1.165) is 20.9 Å². The first kappa shape index (κ1) is 27.6. The number of thioether (sulfide) groups is 1. The van der Waals surface area contributed by atoms with Crippen LogP contribution in [0.5, 0.6) is 0 Å². The number of rotatable bonds is 8. The molecule has 0 spiro atoms. The van der Waals surface area contributed by atoms with Crippen LogP contribution in [-0.2, 0) is 19.7 Å². The first-order valence-electron chi connectivity index (χ1n) is 10.6. The number of aryl methyl sites for hydroxylation is 1. The van der Waals surface area contributed by atoms with Crippen LogP contribution in [0.3, 0.4) is 0 Å². The summed E-state index contributed by atoms with van der Waals surface area (Å²) >= 11 is 2.88. The molecule has 0 radical (unpaired) electrons. The summed E-state index contributed by atoms with van der Waals surface area (Å²) in [6.07, 6.45) is -2.29. The van der Waals surface area contributed by atoms with Crippen LogP contribution in [0, 0.1) is 6.92 Å². The Morgan fingerprint density at radius 2 is 1.79 bits per heavy atom. The largest absolute Gasteiger partial charge is 0.492 e. The van der Waals surface area contributed by atoms with E-state index in [4.69, 9.17) is 0 Å². The monoisotopic (exact) mass is 584 g/mol. The van der Waals surface area contributed by atoms with Gasteiger partial charge in [0.25, 0.3) is 10.0 Å².